The van der Waals surface area contributed by atoms with E-state index >= 15 is 0 Å². The van der Waals surface area contributed by atoms with Crippen LogP contribution in [0.15, 0.2) is 30.9 Å². The molecule has 0 amide bonds. The van der Waals surface area contributed by atoms with E-state index in [9.17, 15) is 4.79 Å². The van der Waals surface area contributed by atoms with Gasteiger partial charge in [0, 0.05) is 5.69 Å². The SMILES string of the molecule is C=CCOC(=O)[C@H](C)Nc1ccc(Cl)c(Cl)c1. The van der Waals surface area contributed by atoms with Crippen molar-refractivity contribution in [3.8, 4) is 0 Å². The Morgan fingerprint density at radius 3 is 2.82 bits per heavy atom. The van der Waals surface area contributed by atoms with E-state index in [1.54, 1.807) is 25.1 Å². The normalized spacial score (nSPS) is 11.7. The van der Waals surface area contributed by atoms with Crippen LogP contribution in [0, 0.1) is 0 Å². The average Bonchev–Trinajstić information content (AvgIpc) is 2.30. The monoisotopic (exact) mass is 273 g/mol. The van der Waals surface area contributed by atoms with Crippen LogP contribution in [0.25, 0.3) is 0 Å². The molecule has 1 rings (SSSR count). The molecule has 5 heteroatoms. The zero-order chi connectivity index (χ0) is 12.8. The third-order valence-corrected chi connectivity index (χ3v) is 2.74. The zero-order valence-electron chi connectivity index (χ0n) is 9.37. The number of anilines is 1. The van der Waals surface area contributed by atoms with Gasteiger partial charge in [-0.2, -0.15) is 0 Å². The first-order chi connectivity index (χ1) is 8.04. The molecule has 0 spiro atoms. The lowest BCUT2D eigenvalue weighted by atomic mass is 10.2. The van der Waals surface area contributed by atoms with Gasteiger partial charge in [0.2, 0.25) is 0 Å². The molecular formula is C12H13Cl2NO2. The Morgan fingerprint density at radius 1 is 1.53 bits per heavy atom. The van der Waals surface area contributed by atoms with E-state index < -0.39 is 6.04 Å². The summed E-state index contributed by atoms with van der Waals surface area (Å²) >= 11 is 11.6. The van der Waals surface area contributed by atoms with E-state index in [1.807, 2.05) is 0 Å². The molecule has 0 unspecified atom stereocenters. The molecule has 1 N–H and O–H groups in total. The van der Waals surface area contributed by atoms with Gasteiger partial charge in [-0.15, -0.1) is 0 Å². The Hall–Kier alpha value is -1.19. The summed E-state index contributed by atoms with van der Waals surface area (Å²) in [5, 5.41) is 3.87. The molecule has 0 saturated carbocycles. The van der Waals surface area contributed by atoms with Crippen molar-refractivity contribution in [2.24, 2.45) is 0 Å². The average molecular weight is 274 g/mol. The van der Waals surface area contributed by atoms with Gasteiger partial charge in [-0.3, -0.25) is 0 Å². The summed E-state index contributed by atoms with van der Waals surface area (Å²) < 4.78 is 4.90. The molecule has 92 valence electrons. The summed E-state index contributed by atoms with van der Waals surface area (Å²) in [7, 11) is 0. The summed E-state index contributed by atoms with van der Waals surface area (Å²) in [6.07, 6.45) is 1.52. The molecule has 0 fully saturated rings. The smallest absolute Gasteiger partial charge is 0.328 e. The van der Waals surface area contributed by atoms with Crippen molar-refractivity contribution < 1.29 is 9.53 Å². The number of hydrogen-bond acceptors (Lipinski definition) is 3. The fraction of sp³-hybridized carbons (Fsp3) is 0.250. The summed E-state index contributed by atoms with van der Waals surface area (Å²) in [4.78, 5) is 11.5. The fourth-order valence-corrected chi connectivity index (χ4v) is 1.46. The van der Waals surface area contributed by atoms with Gasteiger partial charge in [-0.05, 0) is 25.1 Å². The standard InChI is InChI=1S/C12H13Cl2NO2/c1-3-6-17-12(16)8(2)15-9-4-5-10(13)11(14)7-9/h3-5,7-8,15H,1,6H2,2H3/t8-/m0/s1. The molecule has 1 aromatic carbocycles. The van der Waals surface area contributed by atoms with Crippen LogP contribution in [0.1, 0.15) is 6.92 Å². The van der Waals surface area contributed by atoms with Gasteiger partial charge in [0.1, 0.15) is 12.6 Å². The van der Waals surface area contributed by atoms with Crippen molar-refractivity contribution in [2.75, 3.05) is 11.9 Å². The first-order valence-corrected chi connectivity index (χ1v) is 5.79. The van der Waals surface area contributed by atoms with E-state index in [-0.39, 0.29) is 12.6 Å². The Kier molecular flexibility index (Phi) is 5.32. The van der Waals surface area contributed by atoms with Crippen LogP contribution in [-0.4, -0.2) is 18.6 Å². The van der Waals surface area contributed by atoms with Gasteiger partial charge in [0.05, 0.1) is 10.0 Å². The summed E-state index contributed by atoms with van der Waals surface area (Å²) in [6, 6.07) is 4.59. The van der Waals surface area contributed by atoms with Crippen LogP contribution < -0.4 is 5.32 Å². The maximum absolute atomic E-state index is 11.5. The maximum Gasteiger partial charge on any atom is 0.328 e. The number of ether oxygens (including phenoxy) is 1. The highest BCUT2D eigenvalue weighted by Crippen LogP contribution is 2.25. The molecule has 0 aliphatic heterocycles. The van der Waals surface area contributed by atoms with Gasteiger partial charge in [0.25, 0.3) is 0 Å². The minimum Gasteiger partial charge on any atom is -0.460 e. The first kappa shape index (κ1) is 13.9. The van der Waals surface area contributed by atoms with Crippen LogP contribution >= 0.6 is 23.2 Å². The van der Waals surface area contributed by atoms with Gasteiger partial charge in [-0.25, -0.2) is 4.79 Å². The van der Waals surface area contributed by atoms with Crippen molar-refractivity contribution in [1.29, 1.82) is 0 Å². The minimum atomic E-state index is -0.466. The Balaban J connectivity index is 2.61. The quantitative estimate of drug-likeness (QED) is 0.659. The minimum absolute atomic E-state index is 0.201. The summed E-state index contributed by atoms with van der Waals surface area (Å²) in [5.41, 5.74) is 0.711. The molecule has 0 aliphatic carbocycles. The predicted octanol–water partition coefficient (Wildman–Crippen LogP) is 3.52. The highest BCUT2D eigenvalue weighted by molar-refractivity contribution is 6.42. The Labute approximate surface area is 110 Å². The molecule has 3 nitrogen and oxygen atoms in total. The molecular weight excluding hydrogens is 261 g/mol. The summed E-state index contributed by atoms with van der Waals surface area (Å²) in [6.45, 7) is 5.37. The lowest BCUT2D eigenvalue weighted by Crippen LogP contribution is -2.28. The van der Waals surface area contributed by atoms with Crippen molar-refractivity contribution >= 4 is 34.9 Å². The van der Waals surface area contributed by atoms with Gasteiger partial charge in [-0.1, -0.05) is 35.9 Å². The number of nitrogens with one attached hydrogen (secondary N) is 1. The van der Waals surface area contributed by atoms with E-state index in [0.717, 1.165) is 0 Å². The van der Waals surface area contributed by atoms with Crippen molar-refractivity contribution in [1.82, 2.24) is 0 Å². The van der Waals surface area contributed by atoms with Crippen LogP contribution in [0.4, 0.5) is 5.69 Å². The van der Waals surface area contributed by atoms with Crippen LogP contribution in [0.2, 0.25) is 10.0 Å². The van der Waals surface area contributed by atoms with Crippen LogP contribution in [0.5, 0.6) is 0 Å². The lowest BCUT2D eigenvalue weighted by molar-refractivity contribution is -0.142. The van der Waals surface area contributed by atoms with Gasteiger partial charge >= 0.3 is 5.97 Å². The van der Waals surface area contributed by atoms with Gasteiger partial charge in [0.15, 0.2) is 0 Å². The number of carbonyl (C=O) groups excluding carboxylic acids is 1. The molecule has 1 aromatic rings. The fourth-order valence-electron chi connectivity index (χ4n) is 1.16. The topological polar surface area (TPSA) is 38.3 Å². The van der Waals surface area contributed by atoms with E-state index in [1.165, 1.54) is 6.08 Å². The zero-order valence-corrected chi connectivity index (χ0v) is 10.9. The third-order valence-electron chi connectivity index (χ3n) is 2.00. The van der Waals surface area contributed by atoms with Crippen molar-refractivity contribution in [3.05, 3.63) is 40.9 Å². The molecule has 17 heavy (non-hydrogen) atoms. The lowest BCUT2D eigenvalue weighted by Gasteiger charge is -2.14. The molecule has 0 aromatic heterocycles. The Morgan fingerprint density at radius 2 is 2.24 bits per heavy atom. The van der Waals surface area contributed by atoms with Gasteiger partial charge < -0.3 is 10.1 Å². The Bertz CT molecular complexity index is 421. The van der Waals surface area contributed by atoms with Crippen LogP contribution in [0.3, 0.4) is 0 Å². The number of rotatable bonds is 5. The number of halogens is 2. The van der Waals surface area contributed by atoms with E-state index in [0.29, 0.717) is 15.7 Å². The van der Waals surface area contributed by atoms with E-state index in [2.05, 4.69) is 11.9 Å². The second-order valence-corrected chi connectivity index (χ2v) is 4.23. The molecule has 1 atom stereocenters. The highest BCUT2D eigenvalue weighted by Gasteiger charge is 2.13. The predicted molar refractivity (Wildman–Crippen MR) is 70.7 cm³/mol. The largest absolute Gasteiger partial charge is 0.460 e. The first-order valence-electron chi connectivity index (χ1n) is 5.03. The van der Waals surface area contributed by atoms with E-state index in [4.69, 9.17) is 27.9 Å². The highest BCUT2D eigenvalue weighted by atomic mass is 35.5. The number of carbonyl (C=O) groups is 1. The summed E-state index contributed by atoms with van der Waals surface area (Å²) in [5.74, 6) is -0.351. The number of hydrogen-bond donors (Lipinski definition) is 1. The second kappa shape index (κ2) is 6.52. The second-order valence-electron chi connectivity index (χ2n) is 3.41. The molecule has 0 heterocycles. The molecule has 0 bridgehead atoms. The van der Waals surface area contributed by atoms with Crippen molar-refractivity contribution in [3.63, 3.8) is 0 Å². The molecule has 0 radical (unpaired) electrons. The number of benzene rings is 1. The maximum atomic E-state index is 11.5. The van der Waals surface area contributed by atoms with Crippen molar-refractivity contribution in [2.45, 2.75) is 13.0 Å². The van der Waals surface area contributed by atoms with Crippen LogP contribution in [-0.2, 0) is 9.53 Å². The number of esters is 1. The third kappa shape index (κ3) is 4.29. The molecule has 0 aliphatic rings. The molecule has 0 saturated heterocycles.